The lowest BCUT2D eigenvalue weighted by Gasteiger charge is -2.26. The topological polar surface area (TPSA) is 104 Å². The molecule has 0 aliphatic carbocycles. The minimum Gasteiger partial charge on any atom is -0.461 e. The van der Waals surface area contributed by atoms with Crippen LogP contribution in [0.4, 0.5) is 8.78 Å². The fourth-order valence-corrected chi connectivity index (χ4v) is 3.26. The lowest BCUT2D eigenvalue weighted by Crippen LogP contribution is -2.39. The van der Waals surface area contributed by atoms with Gasteiger partial charge in [-0.2, -0.15) is 4.98 Å². The molecule has 10 nitrogen and oxygen atoms in total. The van der Waals surface area contributed by atoms with Crippen LogP contribution in [0.1, 0.15) is 5.56 Å². The Balaban J connectivity index is 1.61. The lowest BCUT2D eigenvalue weighted by molar-refractivity contribution is 0.0316. The lowest BCUT2D eigenvalue weighted by atomic mass is 10.2. The zero-order chi connectivity index (χ0) is 22.0. The van der Waals surface area contributed by atoms with Gasteiger partial charge in [0, 0.05) is 26.7 Å². The first kappa shape index (κ1) is 21.0. The molecule has 0 N–H and O–H groups in total. The normalized spacial score (nSPS) is 14.8. The molecular weight excluding hydrogens is 414 g/mol. The Bertz CT molecular complexity index is 1220. The smallest absolute Gasteiger partial charge is 0.336 e. The summed E-state index contributed by atoms with van der Waals surface area (Å²) >= 11 is 0. The summed E-state index contributed by atoms with van der Waals surface area (Å²) in [5.41, 5.74) is -1.21. The minimum atomic E-state index is -1.04. The van der Waals surface area contributed by atoms with Crippen molar-refractivity contribution < 1.29 is 18.3 Å². The molecule has 0 atom stereocenters. The Labute approximate surface area is 174 Å². The van der Waals surface area contributed by atoms with Crippen LogP contribution in [0.15, 0.2) is 27.8 Å². The van der Waals surface area contributed by atoms with Gasteiger partial charge in [-0.3, -0.25) is 18.8 Å². The third kappa shape index (κ3) is 4.44. The zero-order valence-electron chi connectivity index (χ0n) is 16.8. The van der Waals surface area contributed by atoms with Gasteiger partial charge in [-0.15, -0.1) is 5.10 Å². The van der Waals surface area contributed by atoms with E-state index >= 15 is 0 Å². The van der Waals surface area contributed by atoms with Crippen LogP contribution in [0.25, 0.3) is 11.2 Å². The fraction of sp³-hybridized carbons (Fsp3) is 0.421. The molecule has 0 spiro atoms. The molecule has 0 radical (unpaired) electrons. The Morgan fingerprint density at radius 3 is 2.65 bits per heavy atom. The predicted octanol–water partition coefficient (Wildman–Crippen LogP) is -0.0773. The number of nitrogens with zero attached hydrogens (tertiary/aromatic N) is 6. The van der Waals surface area contributed by atoms with Crippen molar-refractivity contribution in [2.75, 3.05) is 39.5 Å². The SMILES string of the molecule is Cn1c(=O)c2nc(OCCN3CCOCC3)nnc2n(Cc2ccc(F)c(F)c2)c1=O. The van der Waals surface area contributed by atoms with E-state index in [9.17, 15) is 18.4 Å². The molecule has 0 saturated carbocycles. The summed E-state index contributed by atoms with van der Waals surface area (Å²) in [6.45, 7) is 3.72. The van der Waals surface area contributed by atoms with Crippen LogP contribution in [-0.2, 0) is 18.3 Å². The summed E-state index contributed by atoms with van der Waals surface area (Å²) in [7, 11) is 1.30. The Hall–Kier alpha value is -3.25. The quantitative estimate of drug-likeness (QED) is 0.531. The van der Waals surface area contributed by atoms with Gasteiger partial charge in [-0.1, -0.05) is 11.2 Å². The second kappa shape index (κ2) is 8.86. The maximum absolute atomic E-state index is 13.6. The Kier molecular flexibility index (Phi) is 6.00. The highest BCUT2D eigenvalue weighted by Gasteiger charge is 2.17. The number of aromatic nitrogens is 5. The number of hydrogen-bond donors (Lipinski definition) is 0. The van der Waals surface area contributed by atoms with Crippen molar-refractivity contribution in [3.8, 4) is 6.01 Å². The van der Waals surface area contributed by atoms with Gasteiger partial charge in [-0.25, -0.2) is 13.6 Å². The molecule has 0 bridgehead atoms. The molecule has 2 aromatic heterocycles. The maximum atomic E-state index is 13.6. The molecule has 1 aliphatic heterocycles. The fourth-order valence-electron chi connectivity index (χ4n) is 3.26. The van der Waals surface area contributed by atoms with Gasteiger partial charge >= 0.3 is 11.7 Å². The maximum Gasteiger partial charge on any atom is 0.336 e. The van der Waals surface area contributed by atoms with E-state index in [2.05, 4.69) is 20.1 Å². The molecule has 3 heterocycles. The number of hydrogen-bond acceptors (Lipinski definition) is 8. The van der Waals surface area contributed by atoms with E-state index in [-0.39, 0.29) is 23.7 Å². The van der Waals surface area contributed by atoms with Gasteiger partial charge in [0.1, 0.15) is 6.61 Å². The van der Waals surface area contributed by atoms with Crippen LogP contribution in [0.2, 0.25) is 0 Å². The molecule has 0 unspecified atom stereocenters. The molecule has 1 aromatic carbocycles. The summed E-state index contributed by atoms with van der Waals surface area (Å²) in [6, 6.07) is 3.19. The molecule has 1 aliphatic rings. The van der Waals surface area contributed by atoms with E-state index < -0.39 is 22.9 Å². The van der Waals surface area contributed by atoms with E-state index in [1.807, 2.05) is 0 Å². The first-order chi connectivity index (χ1) is 14.9. The molecule has 1 fully saturated rings. The van der Waals surface area contributed by atoms with Crippen molar-refractivity contribution in [1.82, 2.24) is 29.2 Å². The molecular formula is C19H20F2N6O4. The van der Waals surface area contributed by atoms with E-state index in [0.717, 1.165) is 34.4 Å². The van der Waals surface area contributed by atoms with Crippen LogP contribution in [0, 0.1) is 11.6 Å². The van der Waals surface area contributed by atoms with Gasteiger partial charge < -0.3 is 9.47 Å². The molecule has 0 amide bonds. The standard InChI is InChI=1S/C19H20F2N6O4/c1-25-17(28)15-16(27(19(25)29)11-12-2-3-13(20)14(21)10-12)23-24-18(22-15)31-9-6-26-4-7-30-8-5-26/h2-3,10H,4-9,11H2,1H3. The third-order valence-electron chi connectivity index (χ3n) is 5.00. The second-order valence-corrected chi connectivity index (χ2v) is 7.05. The molecule has 4 rings (SSSR count). The van der Waals surface area contributed by atoms with Gasteiger partial charge in [-0.05, 0) is 17.7 Å². The first-order valence-corrected chi connectivity index (χ1v) is 9.65. The number of benzene rings is 1. The van der Waals surface area contributed by atoms with Crippen LogP contribution < -0.4 is 16.0 Å². The van der Waals surface area contributed by atoms with Crippen molar-refractivity contribution in [2.45, 2.75) is 6.54 Å². The monoisotopic (exact) mass is 434 g/mol. The minimum absolute atomic E-state index is 0.0710. The summed E-state index contributed by atoms with van der Waals surface area (Å²) in [5.74, 6) is -2.04. The molecule has 164 valence electrons. The number of fused-ring (bicyclic) bond motifs is 1. The Morgan fingerprint density at radius 2 is 1.90 bits per heavy atom. The Morgan fingerprint density at radius 1 is 1.13 bits per heavy atom. The molecule has 1 saturated heterocycles. The van der Waals surface area contributed by atoms with Crippen LogP contribution in [0.5, 0.6) is 6.01 Å². The van der Waals surface area contributed by atoms with Crippen molar-refractivity contribution in [1.29, 1.82) is 0 Å². The van der Waals surface area contributed by atoms with Gasteiger partial charge in [0.2, 0.25) is 0 Å². The largest absolute Gasteiger partial charge is 0.461 e. The average molecular weight is 434 g/mol. The van der Waals surface area contributed by atoms with E-state index in [0.29, 0.717) is 31.9 Å². The molecule has 12 heteroatoms. The predicted molar refractivity (Wildman–Crippen MR) is 105 cm³/mol. The number of rotatable bonds is 6. The average Bonchev–Trinajstić information content (AvgIpc) is 2.78. The van der Waals surface area contributed by atoms with Crippen LogP contribution in [0.3, 0.4) is 0 Å². The summed E-state index contributed by atoms with van der Waals surface area (Å²) in [5, 5.41) is 7.82. The van der Waals surface area contributed by atoms with Crippen molar-refractivity contribution in [3.63, 3.8) is 0 Å². The van der Waals surface area contributed by atoms with Crippen molar-refractivity contribution >= 4 is 11.2 Å². The first-order valence-electron chi connectivity index (χ1n) is 9.65. The summed E-state index contributed by atoms with van der Waals surface area (Å²) in [4.78, 5) is 31.5. The number of halogens is 2. The van der Waals surface area contributed by atoms with Gasteiger partial charge in [0.15, 0.2) is 22.8 Å². The molecule has 3 aromatic rings. The summed E-state index contributed by atoms with van der Waals surface area (Å²) in [6.07, 6.45) is 0. The van der Waals surface area contributed by atoms with Gasteiger partial charge in [0.05, 0.1) is 19.8 Å². The second-order valence-electron chi connectivity index (χ2n) is 7.05. The van der Waals surface area contributed by atoms with Crippen LogP contribution >= 0.6 is 0 Å². The van der Waals surface area contributed by atoms with E-state index in [1.165, 1.54) is 13.1 Å². The van der Waals surface area contributed by atoms with Gasteiger partial charge in [0.25, 0.3) is 5.56 Å². The van der Waals surface area contributed by atoms with Crippen molar-refractivity contribution in [2.24, 2.45) is 7.05 Å². The van der Waals surface area contributed by atoms with Crippen molar-refractivity contribution in [3.05, 3.63) is 56.2 Å². The number of ether oxygens (including phenoxy) is 2. The highest BCUT2D eigenvalue weighted by Crippen LogP contribution is 2.12. The van der Waals surface area contributed by atoms with E-state index in [4.69, 9.17) is 9.47 Å². The highest BCUT2D eigenvalue weighted by atomic mass is 19.2. The third-order valence-corrected chi connectivity index (χ3v) is 5.00. The summed E-state index contributed by atoms with van der Waals surface area (Å²) < 4.78 is 39.6. The highest BCUT2D eigenvalue weighted by molar-refractivity contribution is 5.68. The number of morpholine rings is 1. The van der Waals surface area contributed by atoms with Crippen LogP contribution in [-0.4, -0.2) is 68.7 Å². The zero-order valence-corrected chi connectivity index (χ0v) is 16.8. The molecule has 31 heavy (non-hydrogen) atoms. The van der Waals surface area contributed by atoms with E-state index in [1.54, 1.807) is 0 Å².